The molecule has 0 saturated heterocycles. The number of carbonyl (C=O) groups is 1. The lowest BCUT2D eigenvalue weighted by Crippen LogP contribution is -2.36. The van der Waals surface area contributed by atoms with Gasteiger partial charge in [0.05, 0.1) is 18.3 Å². The first-order chi connectivity index (χ1) is 17.1. The second-order valence-electron chi connectivity index (χ2n) is 7.83. The number of benzene rings is 2. The minimum absolute atomic E-state index is 0.165. The van der Waals surface area contributed by atoms with Crippen LogP contribution >= 0.6 is 11.3 Å². The molecule has 1 amide bonds. The normalized spacial score (nSPS) is 12.3. The Bertz CT molecular complexity index is 1440. The van der Waals surface area contributed by atoms with E-state index in [9.17, 15) is 9.59 Å². The number of amides is 1. The highest BCUT2D eigenvalue weighted by Gasteiger charge is 2.22. The van der Waals surface area contributed by atoms with Gasteiger partial charge in [-0.1, -0.05) is 30.9 Å². The monoisotopic (exact) mass is 489 g/mol. The summed E-state index contributed by atoms with van der Waals surface area (Å²) in [4.78, 5) is 33.1. The van der Waals surface area contributed by atoms with Crippen LogP contribution in [0.25, 0.3) is 10.2 Å². The van der Waals surface area contributed by atoms with Crippen LogP contribution in [0.1, 0.15) is 5.56 Å². The first-order valence-electron chi connectivity index (χ1n) is 11.1. The fourth-order valence-corrected chi connectivity index (χ4v) is 4.58. The zero-order valence-electron chi connectivity index (χ0n) is 18.9. The molecule has 0 aliphatic carbocycles. The Labute approximate surface area is 205 Å². The number of ether oxygens (including phenoxy) is 3. The van der Waals surface area contributed by atoms with Gasteiger partial charge in [0.15, 0.2) is 11.5 Å². The summed E-state index contributed by atoms with van der Waals surface area (Å²) < 4.78 is 18.5. The molecule has 0 atom stereocenters. The number of hydrogen-bond acceptors (Lipinski definition) is 7. The van der Waals surface area contributed by atoms with E-state index >= 15 is 0 Å². The summed E-state index contributed by atoms with van der Waals surface area (Å²) in [7, 11) is 0. The van der Waals surface area contributed by atoms with Crippen molar-refractivity contribution >= 4 is 33.1 Å². The van der Waals surface area contributed by atoms with Gasteiger partial charge in [-0.15, -0.1) is 11.3 Å². The number of aromatic nitrogens is 2. The number of thiophene rings is 1. The van der Waals surface area contributed by atoms with E-state index in [4.69, 9.17) is 14.2 Å². The van der Waals surface area contributed by atoms with Gasteiger partial charge in [0, 0.05) is 17.3 Å². The Morgan fingerprint density at radius 2 is 2.00 bits per heavy atom. The third-order valence-electron chi connectivity index (χ3n) is 5.55. The number of para-hydroxylation sites is 1. The van der Waals surface area contributed by atoms with E-state index in [-0.39, 0.29) is 24.6 Å². The predicted molar refractivity (Wildman–Crippen MR) is 135 cm³/mol. The molecule has 0 fully saturated rings. The molecule has 4 aromatic rings. The van der Waals surface area contributed by atoms with Gasteiger partial charge in [-0.3, -0.25) is 14.2 Å². The fraction of sp³-hybridized carbons (Fsp3) is 0.192. The molecule has 1 aliphatic rings. The van der Waals surface area contributed by atoms with Crippen LogP contribution in [0.15, 0.2) is 77.7 Å². The Hall–Kier alpha value is -4.11. The first-order valence-corrected chi connectivity index (χ1v) is 12.0. The summed E-state index contributed by atoms with van der Waals surface area (Å²) in [6, 6.07) is 14.6. The van der Waals surface area contributed by atoms with Crippen molar-refractivity contribution in [1.29, 1.82) is 0 Å². The van der Waals surface area contributed by atoms with Gasteiger partial charge < -0.3 is 19.1 Å². The van der Waals surface area contributed by atoms with Gasteiger partial charge in [-0.25, -0.2) is 4.98 Å². The highest BCUT2D eigenvalue weighted by Crippen LogP contribution is 2.35. The predicted octanol–water partition coefficient (Wildman–Crippen LogP) is 4.03. The maximum Gasteiger partial charge on any atom is 0.262 e. The molecule has 0 saturated carbocycles. The van der Waals surface area contributed by atoms with Crippen molar-refractivity contribution in [3.63, 3.8) is 0 Å². The molecule has 1 aliphatic heterocycles. The van der Waals surface area contributed by atoms with Crippen molar-refractivity contribution in [2.75, 3.05) is 24.7 Å². The van der Waals surface area contributed by atoms with E-state index in [1.807, 2.05) is 35.7 Å². The van der Waals surface area contributed by atoms with Gasteiger partial charge in [0.2, 0.25) is 5.91 Å². The first kappa shape index (κ1) is 22.7. The van der Waals surface area contributed by atoms with Crippen LogP contribution < -0.4 is 24.7 Å². The molecular weight excluding hydrogens is 466 g/mol. The van der Waals surface area contributed by atoms with Crippen molar-refractivity contribution in [3.05, 3.63) is 88.8 Å². The fourth-order valence-electron chi connectivity index (χ4n) is 3.85. The second-order valence-corrected chi connectivity index (χ2v) is 8.73. The lowest BCUT2D eigenvalue weighted by Gasteiger charge is -2.26. The summed E-state index contributed by atoms with van der Waals surface area (Å²) in [5.74, 6) is 1.58. The van der Waals surface area contributed by atoms with E-state index < -0.39 is 0 Å². The molecular formula is C26H23N3O5S. The molecule has 0 spiro atoms. The number of carbonyl (C=O) groups excluding carboxylic acids is 1. The van der Waals surface area contributed by atoms with Crippen LogP contribution in [0.2, 0.25) is 0 Å². The summed E-state index contributed by atoms with van der Waals surface area (Å²) in [6.07, 6.45) is 3.09. The van der Waals surface area contributed by atoms with E-state index in [1.54, 1.807) is 29.2 Å². The minimum atomic E-state index is -0.279. The van der Waals surface area contributed by atoms with Gasteiger partial charge >= 0.3 is 0 Å². The van der Waals surface area contributed by atoms with Crippen LogP contribution in [-0.2, 0) is 17.9 Å². The number of rotatable bonds is 8. The van der Waals surface area contributed by atoms with E-state index in [1.165, 1.54) is 22.2 Å². The maximum absolute atomic E-state index is 13.6. The lowest BCUT2D eigenvalue weighted by atomic mass is 10.1. The number of anilines is 1. The van der Waals surface area contributed by atoms with Crippen molar-refractivity contribution in [1.82, 2.24) is 9.55 Å². The molecule has 3 heterocycles. The van der Waals surface area contributed by atoms with Crippen molar-refractivity contribution in [2.45, 2.75) is 13.1 Å². The van der Waals surface area contributed by atoms with Crippen LogP contribution in [0.4, 0.5) is 5.69 Å². The average Bonchev–Trinajstić information content (AvgIpc) is 3.38. The van der Waals surface area contributed by atoms with Gasteiger partial charge in [0.1, 0.15) is 36.9 Å². The Morgan fingerprint density at radius 3 is 2.86 bits per heavy atom. The number of fused-ring (bicyclic) bond motifs is 2. The highest BCUT2D eigenvalue weighted by atomic mass is 32.1. The Kier molecular flexibility index (Phi) is 6.49. The molecule has 5 rings (SSSR count). The molecule has 178 valence electrons. The van der Waals surface area contributed by atoms with Crippen LogP contribution in [0.3, 0.4) is 0 Å². The van der Waals surface area contributed by atoms with Crippen LogP contribution in [0.5, 0.6) is 17.2 Å². The van der Waals surface area contributed by atoms with Crippen LogP contribution in [-0.4, -0.2) is 35.3 Å². The molecule has 8 nitrogen and oxygen atoms in total. The quantitative estimate of drug-likeness (QED) is 0.348. The van der Waals surface area contributed by atoms with Crippen molar-refractivity contribution in [2.24, 2.45) is 0 Å². The lowest BCUT2D eigenvalue weighted by molar-refractivity contribution is -0.119. The molecule has 9 heteroatoms. The van der Waals surface area contributed by atoms with E-state index in [2.05, 4.69) is 11.6 Å². The molecule has 2 aromatic carbocycles. The molecule has 35 heavy (non-hydrogen) atoms. The second kappa shape index (κ2) is 10.0. The summed E-state index contributed by atoms with van der Waals surface area (Å²) in [6.45, 7) is 5.02. The van der Waals surface area contributed by atoms with Gasteiger partial charge in [0.25, 0.3) is 5.56 Å². The summed E-state index contributed by atoms with van der Waals surface area (Å²) >= 11 is 1.39. The average molecular weight is 490 g/mol. The summed E-state index contributed by atoms with van der Waals surface area (Å²) in [5, 5.41) is 2.31. The molecule has 0 radical (unpaired) electrons. The standard InChI is InChI=1S/C26H23N3O5S/c1-2-10-32-21-6-4-3-5-18(21)15-29(19-7-8-22-23(14-19)34-12-11-33-22)24(30)16-28-17-27-25-20(26(28)31)9-13-35-25/h2-9,13-14,17H,1,10-12,15-16H2. The largest absolute Gasteiger partial charge is 0.489 e. The minimum Gasteiger partial charge on any atom is -0.489 e. The number of nitrogens with zero attached hydrogens (tertiary/aromatic N) is 3. The van der Waals surface area contributed by atoms with Gasteiger partial charge in [-0.2, -0.15) is 0 Å². The molecule has 0 unspecified atom stereocenters. The van der Waals surface area contributed by atoms with Gasteiger partial charge in [-0.05, 0) is 29.6 Å². The third-order valence-corrected chi connectivity index (χ3v) is 6.37. The zero-order valence-corrected chi connectivity index (χ0v) is 19.7. The van der Waals surface area contributed by atoms with Crippen molar-refractivity contribution < 1.29 is 19.0 Å². The molecule has 0 bridgehead atoms. The maximum atomic E-state index is 13.6. The van der Waals surface area contributed by atoms with E-state index in [0.717, 1.165) is 5.56 Å². The van der Waals surface area contributed by atoms with Crippen molar-refractivity contribution in [3.8, 4) is 17.2 Å². The highest BCUT2D eigenvalue weighted by molar-refractivity contribution is 7.16. The number of hydrogen-bond donors (Lipinski definition) is 0. The Morgan fingerprint density at radius 1 is 1.17 bits per heavy atom. The Balaban J connectivity index is 1.50. The molecule has 0 N–H and O–H groups in total. The zero-order chi connectivity index (χ0) is 24.2. The topological polar surface area (TPSA) is 82.9 Å². The van der Waals surface area contributed by atoms with E-state index in [0.29, 0.717) is 53.0 Å². The third kappa shape index (κ3) is 4.76. The SMILES string of the molecule is C=CCOc1ccccc1CN(C(=O)Cn1cnc2sccc2c1=O)c1ccc2c(c1)OCCO2. The smallest absolute Gasteiger partial charge is 0.262 e. The summed E-state index contributed by atoms with van der Waals surface area (Å²) in [5.41, 5.74) is 1.19. The molecule has 2 aromatic heterocycles. The van der Waals surface area contributed by atoms with Crippen LogP contribution in [0, 0.1) is 0 Å².